The lowest BCUT2D eigenvalue weighted by atomic mass is 10.1. The molecular formula is C18H24N6O. The topological polar surface area (TPSA) is 75.1 Å². The number of piperidine rings is 1. The van der Waals surface area contributed by atoms with Crippen LogP contribution in [0.2, 0.25) is 0 Å². The Kier molecular flexibility index (Phi) is 5.33. The van der Waals surface area contributed by atoms with Gasteiger partial charge in [0, 0.05) is 45.1 Å². The Morgan fingerprint density at radius 3 is 3.00 bits per heavy atom. The second kappa shape index (κ2) is 7.83. The Hall–Kier alpha value is -2.83. The normalized spacial score (nSPS) is 17.2. The molecule has 1 saturated heterocycles. The van der Waals surface area contributed by atoms with Crippen LogP contribution in [-0.4, -0.2) is 46.3 Å². The van der Waals surface area contributed by atoms with Crippen LogP contribution in [0.3, 0.4) is 0 Å². The standard InChI is InChI=1S/C18H24N6O/c1-3-8-19-18(25)14-6-7-17(20-10-14)22-15-5-4-9-24(12-15)16-11-21-23(2)13-16/h3,6-7,10-11,13,15H,1,4-5,8-9,12H2,2H3,(H,19,25)(H,20,22). The van der Waals surface area contributed by atoms with E-state index in [0.717, 1.165) is 37.4 Å². The molecule has 2 aromatic rings. The summed E-state index contributed by atoms with van der Waals surface area (Å²) in [4.78, 5) is 18.6. The van der Waals surface area contributed by atoms with Crippen molar-refractivity contribution in [3.63, 3.8) is 0 Å². The molecule has 7 heteroatoms. The zero-order valence-electron chi connectivity index (χ0n) is 14.5. The van der Waals surface area contributed by atoms with Gasteiger partial charge in [-0.25, -0.2) is 4.98 Å². The van der Waals surface area contributed by atoms with E-state index in [0.29, 0.717) is 18.2 Å². The van der Waals surface area contributed by atoms with E-state index in [9.17, 15) is 4.79 Å². The molecule has 0 bridgehead atoms. The predicted octanol–water partition coefficient (Wildman–Crippen LogP) is 1.81. The number of rotatable bonds is 6. The molecule has 1 amide bonds. The van der Waals surface area contributed by atoms with Crippen molar-refractivity contribution in [2.24, 2.45) is 7.05 Å². The predicted molar refractivity (Wildman–Crippen MR) is 98.8 cm³/mol. The van der Waals surface area contributed by atoms with E-state index in [2.05, 4.69) is 32.2 Å². The Balaban J connectivity index is 1.58. The van der Waals surface area contributed by atoms with E-state index in [-0.39, 0.29) is 5.91 Å². The summed E-state index contributed by atoms with van der Waals surface area (Å²) in [5, 5.41) is 10.5. The molecule has 1 unspecified atom stereocenters. The SMILES string of the molecule is C=CCNC(=O)c1ccc(NC2CCCN(c3cnn(C)c3)C2)nc1. The van der Waals surface area contributed by atoms with Crippen molar-refractivity contribution in [2.45, 2.75) is 18.9 Å². The smallest absolute Gasteiger partial charge is 0.253 e. The minimum absolute atomic E-state index is 0.139. The number of carbonyl (C=O) groups excluding carboxylic acids is 1. The number of anilines is 2. The van der Waals surface area contributed by atoms with Crippen LogP contribution in [0, 0.1) is 0 Å². The van der Waals surface area contributed by atoms with Crippen LogP contribution in [0.15, 0.2) is 43.4 Å². The molecule has 25 heavy (non-hydrogen) atoms. The van der Waals surface area contributed by atoms with Crippen molar-refractivity contribution in [3.05, 3.63) is 48.9 Å². The molecule has 0 spiro atoms. The highest BCUT2D eigenvalue weighted by Gasteiger charge is 2.21. The summed E-state index contributed by atoms with van der Waals surface area (Å²) >= 11 is 0. The van der Waals surface area contributed by atoms with Crippen molar-refractivity contribution in [3.8, 4) is 0 Å². The van der Waals surface area contributed by atoms with E-state index in [1.54, 1.807) is 18.3 Å². The molecule has 3 rings (SSSR count). The Bertz CT molecular complexity index is 723. The largest absolute Gasteiger partial charge is 0.367 e. The number of aryl methyl sites for hydroxylation is 1. The van der Waals surface area contributed by atoms with E-state index in [1.807, 2.05) is 30.2 Å². The van der Waals surface area contributed by atoms with Gasteiger partial charge in [0.25, 0.3) is 5.91 Å². The zero-order chi connectivity index (χ0) is 17.6. The van der Waals surface area contributed by atoms with E-state index >= 15 is 0 Å². The molecule has 0 aromatic carbocycles. The number of hydrogen-bond donors (Lipinski definition) is 2. The molecular weight excluding hydrogens is 316 g/mol. The van der Waals surface area contributed by atoms with Gasteiger partial charge in [-0.3, -0.25) is 9.48 Å². The lowest BCUT2D eigenvalue weighted by Crippen LogP contribution is -2.42. The minimum Gasteiger partial charge on any atom is -0.367 e. The highest BCUT2D eigenvalue weighted by Crippen LogP contribution is 2.21. The lowest BCUT2D eigenvalue weighted by Gasteiger charge is -2.34. The van der Waals surface area contributed by atoms with Gasteiger partial charge >= 0.3 is 0 Å². The highest BCUT2D eigenvalue weighted by molar-refractivity contribution is 5.94. The maximum atomic E-state index is 11.9. The molecule has 1 aliphatic heterocycles. The number of pyridine rings is 1. The summed E-state index contributed by atoms with van der Waals surface area (Å²) in [6.07, 6.45) is 9.41. The summed E-state index contributed by atoms with van der Waals surface area (Å²) in [5.74, 6) is 0.651. The Labute approximate surface area is 147 Å². The van der Waals surface area contributed by atoms with Gasteiger partial charge in [-0.1, -0.05) is 6.08 Å². The highest BCUT2D eigenvalue weighted by atomic mass is 16.1. The van der Waals surface area contributed by atoms with Gasteiger partial charge < -0.3 is 15.5 Å². The summed E-state index contributed by atoms with van der Waals surface area (Å²) in [6.45, 7) is 5.99. The lowest BCUT2D eigenvalue weighted by molar-refractivity contribution is 0.0957. The second-order valence-corrected chi connectivity index (χ2v) is 6.23. The number of carbonyl (C=O) groups is 1. The molecule has 1 atom stereocenters. The monoisotopic (exact) mass is 340 g/mol. The summed E-state index contributed by atoms with van der Waals surface area (Å²) < 4.78 is 1.82. The molecule has 2 N–H and O–H groups in total. The minimum atomic E-state index is -0.139. The van der Waals surface area contributed by atoms with Crippen LogP contribution in [0.1, 0.15) is 23.2 Å². The van der Waals surface area contributed by atoms with Gasteiger partial charge in [-0.15, -0.1) is 6.58 Å². The maximum Gasteiger partial charge on any atom is 0.253 e. The molecule has 3 heterocycles. The molecule has 0 radical (unpaired) electrons. The molecule has 2 aromatic heterocycles. The quantitative estimate of drug-likeness (QED) is 0.785. The molecule has 1 fully saturated rings. The molecule has 0 saturated carbocycles. The van der Waals surface area contributed by atoms with Crippen molar-refractivity contribution in [2.75, 3.05) is 29.9 Å². The van der Waals surface area contributed by atoms with Crippen LogP contribution < -0.4 is 15.5 Å². The van der Waals surface area contributed by atoms with Gasteiger partial charge in [0.2, 0.25) is 0 Å². The number of hydrogen-bond acceptors (Lipinski definition) is 5. The first-order valence-electron chi connectivity index (χ1n) is 8.51. The fraction of sp³-hybridized carbons (Fsp3) is 0.389. The first-order valence-corrected chi connectivity index (χ1v) is 8.51. The maximum absolute atomic E-state index is 11.9. The summed E-state index contributed by atoms with van der Waals surface area (Å²) in [5.41, 5.74) is 1.70. The average molecular weight is 340 g/mol. The van der Waals surface area contributed by atoms with Crippen LogP contribution in [0.4, 0.5) is 11.5 Å². The fourth-order valence-corrected chi connectivity index (χ4v) is 2.99. The average Bonchev–Trinajstić information content (AvgIpc) is 3.07. The number of aromatic nitrogens is 3. The second-order valence-electron chi connectivity index (χ2n) is 6.23. The van der Waals surface area contributed by atoms with Gasteiger partial charge in [-0.05, 0) is 25.0 Å². The molecule has 0 aliphatic carbocycles. The summed E-state index contributed by atoms with van der Waals surface area (Å²) in [7, 11) is 1.93. The summed E-state index contributed by atoms with van der Waals surface area (Å²) in [6, 6.07) is 3.96. The van der Waals surface area contributed by atoms with Crippen molar-refractivity contribution < 1.29 is 4.79 Å². The number of nitrogens with zero attached hydrogens (tertiary/aromatic N) is 4. The van der Waals surface area contributed by atoms with Crippen LogP contribution >= 0.6 is 0 Å². The van der Waals surface area contributed by atoms with Gasteiger partial charge in [0.1, 0.15) is 5.82 Å². The molecule has 1 aliphatic rings. The van der Waals surface area contributed by atoms with Gasteiger partial charge in [0.15, 0.2) is 0 Å². The Morgan fingerprint density at radius 2 is 2.32 bits per heavy atom. The van der Waals surface area contributed by atoms with E-state index in [1.165, 1.54) is 0 Å². The first-order chi connectivity index (χ1) is 12.2. The van der Waals surface area contributed by atoms with Crippen molar-refractivity contribution in [1.82, 2.24) is 20.1 Å². The van der Waals surface area contributed by atoms with Crippen LogP contribution in [-0.2, 0) is 7.05 Å². The first kappa shape index (κ1) is 17.0. The van der Waals surface area contributed by atoms with Crippen molar-refractivity contribution >= 4 is 17.4 Å². The van der Waals surface area contributed by atoms with Gasteiger partial charge in [-0.2, -0.15) is 5.10 Å². The number of nitrogens with one attached hydrogen (secondary N) is 2. The van der Waals surface area contributed by atoms with Crippen LogP contribution in [0.25, 0.3) is 0 Å². The number of amides is 1. The van der Waals surface area contributed by atoms with Gasteiger partial charge in [0.05, 0.1) is 17.4 Å². The third-order valence-corrected chi connectivity index (χ3v) is 4.26. The zero-order valence-corrected chi connectivity index (χ0v) is 14.5. The van der Waals surface area contributed by atoms with Crippen molar-refractivity contribution in [1.29, 1.82) is 0 Å². The molecule has 7 nitrogen and oxygen atoms in total. The Morgan fingerprint density at radius 1 is 1.44 bits per heavy atom. The third kappa shape index (κ3) is 4.37. The van der Waals surface area contributed by atoms with Crippen LogP contribution in [0.5, 0.6) is 0 Å². The molecule has 132 valence electrons. The van der Waals surface area contributed by atoms with E-state index < -0.39 is 0 Å². The fourth-order valence-electron chi connectivity index (χ4n) is 2.99. The van der Waals surface area contributed by atoms with E-state index in [4.69, 9.17) is 0 Å². The third-order valence-electron chi connectivity index (χ3n) is 4.26.